The standard InChI is InChI=1S/C32H37N3O6/c1-18-19(2)29-27(40-20(3)30(29)31(36)33-4)15-24(18)41-23-7-10-34-22-14-26(25(37-5)13-21(22)23)39-12-11-35-16-28(38-6)32(17-35)8-9-32/h7,10,13-15,28H,8-9,11-12,16-17H2,1-6H3,(H,33,36). The minimum atomic E-state index is -0.172. The van der Waals surface area contributed by atoms with Crippen LogP contribution < -0.4 is 19.5 Å². The molecule has 3 heterocycles. The molecule has 1 atom stereocenters. The maximum atomic E-state index is 12.5. The average molecular weight is 560 g/mol. The number of nitrogens with one attached hydrogen (secondary N) is 1. The molecule has 1 aliphatic carbocycles. The van der Waals surface area contributed by atoms with Crippen molar-refractivity contribution < 1.29 is 28.2 Å². The Bertz CT molecular complexity index is 1640. The second-order valence-corrected chi connectivity index (χ2v) is 11.2. The van der Waals surface area contributed by atoms with Gasteiger partial charge in [-0.25, -0.2) is 0 Å². The Hall–Kier alpha value is -3.82. The van der Waals surface area contributed by atoms with Gasteiger partial charge in [-0.1, -0.05) is 0 Å². The van der Waals surface area contributed by atoms with Crippen LogP contribution >= 0.6 is 0 Å². The number of aromatic nitrogens is 1. The third kappa shape index (κ3) is 4.77. The van der Waals surface area contributed by atoms with Gasteiger partial charge >= 0.3 is 0 Å². The van der Waals surface area contributed by atoms with E-state index in [0.717, 1.165) is 47.1 Å². The van der Waals surface area contributed by atoms with Gasteiger partial charge in [0.25, 0.3) is 5.91 Å². The highest BCUT2D eigenvalue weighted by Gasteiger charge is 2.55. The van der Waals surface area contributed by atoms with Gasteiger partial charge in [0.15, 0.2) is 11.5 Å². The number of methoxy groups -OCH3 is 2. The van der Waals surface area contributed by atoms with E-state index in [1.54, 1.807) is 27.3 Å². The summed E-state index contributed by atoms with van der Waals surface area (Å²) in [4.78, 5) is 19.5. The van der Waals surface area contributed by atoms with Crippen LogP contribution in [0.3, 0.4) is 0 Å². The molecule has 9 heteroatoms. The summed E-state index contributed by atoms with van der Waals surface area (Å²) in [6.07, 6.45) is 4.55. The number of amides is 1. The first-order valence-electron chi connectivity index (χ1n) is 14.1. The molecule has 1 amide bonds. The molecule has 2 aromatic carbocycles. The number of fused-ring (bicyclic) bond motifs is 2. The molecule has 6 rings (SSSR count). The van der Waals surface area contributed by atoms with E-state index < -0.39 is 0 Å². The second kappa shape index (κ2) is 10.5. The van der Waals surface area contributed by atoms with Crippen LogP contribution in [0.4, 0.5) is 0 Å². The Kier molecular flexibility index (Phi) is 7.03. The summed E-state index contributed by atoms with van der Waals surface area (Å²) in [6, 6.07) is 7.48. The summed E-state index contributed by atoms with van der Waals surface area (Å²) in [5.41, 5.74) is 4.11. The number of rotatable bonds is 9. The smallest absolute Gasteiger partial charge is 0.255 e. The lowest BCUT2D eigenvalue weighted by Crippen LogP contribution is -2.27. The first-order valence-corrected chi connectivity index (χ1v) is 14.1. The molecule has 1 aliphatic heterocycles. The van der Waals surface area contributed by atoms with Gasteiger partial charge in [-0.2, -0.15) is 0 Å². The van der Waals surface area contributed by atoms with Gasteiger partial charge in [-0.15, -0.1) is 0 Å². The molecule has 216 valence electrons. The fourth-order valence-electron chi connectivity index (χ4n) is 6.21. The van der Waals surface area contributed by atoms with Crippen molar-refractivity contribution in [3.05, 3.63) is 52.9 Å². The number of benzene rings is 2. The van der Waals surface area contributed by atoms with Gasteiger partial charge < -0.3 is 28.7 Å². The van der Waals surface area contributed by atoms with Crippen molar-refractivity contribution in [3.63, 3.8) is 0 Å². The van der Waals surface area contributed by atoms with E-state index in [1.165, 1.54) is 12.8 Å². The Balaban J connectivity index is 1.25. The molecule has 0 bridgehead atoms. The summed E-state index contributed by atoms with van der Waals surface area (Å²) >= 11 is 0. The number of carbonyl (C=O) groups excluding carboxylic acids is 1. The molecule has 0 radical (unpaired) electrons. The largest absolute Gasteiger partial charge is 0.493 e. The lowest BCUT2D eigenvalue weighted by atomic mass is 10.00. The van der Waals surface area contributed by atoms with E-state index in [2.05, 4.69) is 15.2 Å². The lowest BCUT2D eigenvalue weighted by molar-refractivity contribution is 0.0693. The molecular formula is C32H37N3O6. The topological polar surface area (TPSA) is 95.3 Å². The summed E-state index contributed by atoms with van der Waals surface area (Å²) in [5.74, 6) is 2.94. The number of pyridine rings is 1. The number of likely N-dealkylation sites (tertiary alicyclic amines) is 1. The van der Waals surface area contributed by atoms with E-state index in [4.69, 9.17) is 23.4 Å². The molecule has 1 unspecified atom stereocenters. The van der Waals surface area contributed by atoms with Crippen molar-refractivity contribution >= 4 is 27.8 Å². The molecule has 1 N–H and O–H groups in total. The predicted molar refractivity (Wildman–Crippen MR) is 157 cm³/mol. The molecule has 4 aromatic rings. The zero-order chi connectivity index (χ0) is 28.9. The molecule has 41 heavy (non-hydrogen) atoms. The Morgan fingerprint density at radius 3 is 2.59 bits per heavy atom. The number of hydrogen-bond acceptors (Lipinski definition) is 8. The zero-order valence-electron chi connectivity index (χ0n) is 24.6. The Labute approximate surface area is 239 Å². The van der Waals surface area contributed by atoms with E-state index in [0.29, 0.717) is 58.0 Å². The number of ether oxygens (including phenoxy) is 4. The van der Waals surface area contributed by atoms with Gasteiger partial charge in [-0.05, 0) is 56.9 Å². The molecule has 2 fully saturated rings. The first kappa shape index (κ1) is 27.4. The number of nitrogens with zero attached hydrogens (tertiary/aromatic N) is 2. The second-order valence-electron chi connectivity index (χ2n) is 11.2. The maximum Gasteiger partial charge on any atom is 0.255 e. The van der Waals surface area contributed by atoms with Crippen molar-refractivity contribution in [3.8, 4) is 23.0 Å². The van der Waals surface area contributed by atoms with Crippen LogP contribution in [-0.2, 0) is 4.74 Å². The lowest BCUT2D eigenvalue weighted by Gasteiger charge is -2.18. The van der Waals surface area contributed by atoms with Crippen molar-refractivity contribution in [1.29, 1.82) is 0 Å². The monoisotopic (exact) mass is 559 g/mol. The zero-order valence-corrected chi connectivity index (χ0v) is 24.6. The molecule has 2 aromatic heterocycles. The Morgan fingerprint density at radius 1 is 1.10 bits per heavy atom. The van der Waals surface area contributed by atoms with Crippen LogP contribution in [0.5, 0.6) is 23.0 Å². The van der Waals surface area contributed by atoms with Crippen LogP contribution in [0.15, 0.2) is 34.9 Å². The third-order valence-electron chi connectivity index (χ3n) is 8.83. The van der Waals surface area contributed by atoms with Crippen molar-refractivity contribution in [2.45, 2.75) is 39.7 Å². The van der Waals surface area contributed by atoms with E-state index in [9.17, 15) is 4.79 Å². The molecular weight excluding hydrogens is 522 g/mol. The normalized spacial score (nSPS) is 17.9. The van der Waals surface area contributed by atoms with Gasteiger partial charge in [0, 0.05) is 68.3 Å². The van der Waals surface area contributed by atoms with Gasteiger partial charge in [0.2, 0.25) is 0 Å². The summed E-state index contributed by atoms with van der Waals surface area (Å²) in [5, 5.41) is 4.31. The fraction of sp³-hybridized carbons (Fsp3) is 0.438. The SMILES string of the molecule is CNC(=O)c1c(C)oc2cc(Oc3ccnc4cc(OCCN5CC(OC)C6(CC6)C5)c(OC)cc34)c(C)c(C)c12. The highest BCUT2D eigenvalue weighted by Crippen LogP contribution is 2.53. The molecule has 2 aliphatic rings. The number of furan rings is 1. The van der Waals surface area contributed by atoms with Crippen LogP contribution in [-0.4, -0.2) is 69.4 Å². The summed E-state index contributed by atoms with van der Waals surface area (Å²) < 4.78 is 30.1. The summed E-state index contributed by atoms with van der Waals surface area (Å²) in [7, 11) is 5.07. The minimum absolute atomic E-state index is 0.172. The number of carbonyl (C=O) groups is 1. The number of hydrogen-bond donors (Lipinski definition) is 1. The van der Waals surface area contributed by atoms with Crippen molar-refractivity contribution in [2.24, 2.45) is 5.41 Å². The van der Waals surface area contributed by atoms with E-state index in [-0.39, 0.29) is 5.91 Å². The van der Waals surface area contributed by atoms with Crippen LogP contribution in [0.1, 0.15) is 40.1 Å². The van der Waals surface area contributed by atoms with Crippen LogP contribution in [0.2, 0.25) is 0 Å². The molecule has 1 saturated carbocycles. The highest BCUT2D eigenvalue weighted by atomic mass is 16.5. The maximum absolute atomic E-state index is 12.5. The van der Waals surface area contributed by atoms with Crippen molar-refractivity contribution in [1.82, 2.24) is 15.2 Å². The van der Waals surface area contributed by atoms with Gasteiger partial charge in [-0.3, -0.25) is 14.7 Å². The van der Waals surface area contributed by atoms with E-state index >= 15 is 0 Å². The molecule has 1 spiro atoms. The van der Waals surface area contributed by atoms with Gasteiger partial charge in [0.05, 0.1) is 24.3 Å². The highest BCUT2D eigenvalue weighted by molar-refractivity contribution is 6.09. The minimum Gasteiger partial charge on any atom is -0.493 e. The average Bonchev–Trinajstić information content (AvgIpc) is 3.54. The quantitative estimate of drug-likeness (QED) is 0.285. The fourth-order valence-corrected chi connectivity index (χ4v) is 6.21. The van der Waals surface area contributed by atoms with Gasteiger partial charge in [0.1, 0.15) is 29.4 Å². The van der Waals surface area contributed by atoms with E-state index in [1.807, 2.05) is 45.2 Å². The van der Waals surface area contributed by atoms with Crippen LogP contribution in [0, 0.1) is 26.2 Å². The van der Waals surface area contributed by atoms with Crippen molar-refractivity contribution in [2.75, 3.05) is 47.5 Å². The summed E-state index contributed by atoms with van der Waals surface area (Å²) in [6.45, 7) is 9.15. The molecule has 9 nitrogen and oxygen atoms in total. The third-order valence-corrected chi connectivity index (χ3v) is 8.83. The Morgan fingerprint density at radius 2 is 1.90 bits per heavy atom. The predicted octanol–water partition coefficient (Wildman–Crippen LogP) is 5.56. The first-order chi connectivity index (χ1) is 19.8. The van der Waals surface area contributed by atoms with Crippen LogP contribution in [0.25, 0.3) is 21.9 Å². The molecule has 1 saturated heterocycles. The number of aryl methyl sites for hydroxylation is 2.